The summed E-state index contributed by atoms with van der Waals surface area (Å²) in [5.74, 6) is 0.0436. The molecule has 1 fully saturated rings. The first-order valence-corrected chi connectivity index (χ1v) is 10.1. The number of rotatable bonds is 6. The maximum Gasteiger partial charge on any atom is 0.179 e. The molecule has 0 radical (unpaired) electrons. The van der Waals surface area contributed by atoms with Gasteiger partial charge in [-0.3, -0.25) is 0 Å². The van der Waals surface area contributed by atoms with Crippen LogP contribution in [0.15, 0.2) is 59.5 Å². The minimum atomic E-state index is -3.25. The average Bonchev–Trinajstić information content (AvgIpc) is 2.64. The minimum absolute atomic E-state index is 0.0288. The van der Waals surface area contributed by atoms with Crippen LogP contribution in [0.2, 0.25) is 0 Å². The highest BCUT2D eigenvalue weighted by Gasteiger charge is 2.23. The second-order valence-electron chi connectivity index (χ2n) is 6.22. The number of halogens is 1. The molecule has 4 nitrogen and oxygen atoms in total. The predicted octanol–water partition coefficient (Wildman–Crippen LogP) is 3.14. The van der Waals surface area contributed by atoms with Crippen LogP contribution in [-0.4, -0.2) is 44.8 Å². The Balaban J connectivity index is 1.47. The molecule has 2 aromatic rings. The second-order valence-corrected chi connectivity index (χ2v) is 8.33. The summed E-state index contributed by atoms with van der Waals surface area (Å²) in [5.41, 5.74) is 0. The van der Waals surface area contributed by atoms with Crippen molar-refractivity contribution in [1.29, 1.82) is 0 Å². The lowest BCUT2D eigenvalue weighted by Gasteiger charge is -2.32. The molecule has 134 valence electrons. The van der Waals surface area contributed by atoms with E-state index in [2.05, 4.69) is 4.90 Å². The number of ether oxygens (including phenoxy) is 1. The van der Waals surface area contributed by atoms with Gasteiger partial charge < -0.3 is 9.64 Å². The smallest absolute Gasteiger partial charge is 0.179 e. The van der Waals surface area contributed by atoms with Gasteiger partial charge in [0.25, 0.3) is 0 Å². The number of likely N-dealkylation sites (tertiary alicyclic amines) is 1. The van der Waals surface area contributed by atoms with E-state index in [0.29, 0.717) is 11.4 Å². The number of benzene rings is 2. The van der Waals surface area contributed by atoms with Crippen LogP contribution in [0.5, 0.6) is 5.75 Å². The number of hydrogen-bond donors (Lipinski definition) is 0. The van der Waals surface area contributed by atoms with E-state index < -0.39 is 9.84 Å². The summed E-state index contributed by atoms with van der Waals surface area (Å²) < 4.78 is 44.0. The number of piperidine rings is 1. The quantitative estimate of drug-likeness (QED) is 0.791. The summed E-state index contributed by atoms with van der Waals surface area (Å²) in [6.07, 6.45) is 1.50. The van der Waals surface area contributed by atoms with Crippen LogP contribution in [0, 0.1) is 5.82 Å². The van der Waals surface area contributed by atoms with Crippen LogP contribution in [-0.2, 0) is 9.84 Å². The molecule has 1 heterocycles. The molecule has 0 N–H and O–H groups in total. The van der Waals surface area contributed by atoms with Crippen molar-refractivity contribution in [3.8, 4) is 5.75 Å². The topological polar surface area (TPSA) is 46.6 Å². The van der Waals surface area contributed by atoms with Gasteiger partial charge in [0.05, 0.1) is 10.6 Å². The second kappa shape index (κ2) is 7.97. The van der Waals surface area contributed by atoms with Gasteiger partial charge in [-0.1, -0.05) is 30.3 Å². The van der Waals surface area contributed by atoms with E-state index in [1.165, 1.54) is 6.07 Å². The number of hydrogen-bond acceptors (Lipinski definition) is 4. The summed E-state index contributed by atoms with van der Waals surface area (Å²) in [6, 6.07) is 14.9. The summed E-state index contributed by atoms with van der Waals surface area (Å²) in [6.45, 7) is 2.01. The molecule has 1 saturated heterocycles. The summed E-state index contributed by atoms with van der Waals surface area (Å²) >= 11 is 0. The molecular formula is C19H22FNO3S. The number of sulfone groups is 1. The molecule has 2 aromatic carbocycles. The largest absolute Gasteiger partial charge is 0.487 e. The third kappa shape index (κ3) is 4.80. The van der Waals surface area contributed by atoms with Gasteiger partial charge in [-0.2, -0.15) is 0 Å². The fourth-order valence-corrected chi connectivity index (χ4v) is 4.27. The molecule has 0 amide bonds. The Morgan fingerprint density at radius 3 is 2.32 bits per heavy atom. The van der Waals surface area contributed by atoms with Crippen molar-refractivity contribution in [3.63, 3.8) is 0 Å². The van der Waals surface area contributed by atoms with Gasteiger partial charge in [0.2, 0.25) is 0 Å². The van der Waals surface area contributed by atoms with Gasteiger partial charge in [0.1, 0.15) is 6.10 Å². The van der Waals surface area contributed by atoms with Crippen molar-refractivity contribution in [2.75, 3.05) is 25.4 Å². The monoisotopic (exact) mass is 363 g/mol. The first kappa shape index (κ1) is 17.9. The maximum atomic E-state index is 13.6. The van der Waals surface area contributed by atoms with Crippen LogP contribution in [0.3, 0.4) is 0 Å². The first-order valence-electron chi connectivity index (χ1n) is 8.46. The molecule has 0 aliphatic carbocycles. The number of nitrogens with zero attached hydrogens (tertiary/aromatic N) is 1. The Bertz CT molecular complexity index is 787. The van der Waals surface area contributed by atoms with Gasteiger partial charge in [-0.25, -0.2) is 12.8 Å². The van der Waals surface area contributed by atoms with Crippen molar-refractivity contribution < 1.29 is 17.5 Å². The van der Waals surface area contributed by atoms with E-state index >= 15 is 0 Å². The van der Waals surface area contributed by atoms with Gasteiger partial charge in [-0.15, -0.1) is 0 Å². The van der Waals surface area contributed by atoms with Crippen molar-refractivity contribution in [2.45, 2.75) is 23.8 Å². The first-order chi connectivity index (χ1) is 12.0. The SMILES string of the molecule is O=S(=O)(CCN1CCC(Oc2ccccc2F)CC1)c1ccccc1. The molecule has 1 aliphatic rings. The molecule has 0 aromatic heterocycles. The van der Waals surface area contributed by atoms with Crippen molar-refractivity contribution in [1.82, 2.24) is 4.90 Å². The molecule has 25 heavy (non-hydrogen) atoms. The van der Waals surface area contributed by atoms with Crippen molar-refractivity contribution in [2.24, 2.45) is 0 Å². The number of para-hydroxylation sites is 1. The summed E-state index contributed by atoms with van der Waals surface area (Å²) in [7, 11) is -3.25. The zero-order valence-corrected chi connectivity index (χ0v) is 14.8. The highest BCUT2D eigenvalue weighted by atomic mass is 32.2. The van der Waals surface area contributed by atoms with E-state index in [0.717, 1.165) is 25.9 Å². The fourth-order valence-electron chi connectivity index (χ4n) is 2.97. The Morgan fingerprint density at radius 2 is 1.64 bits per heavy atom. The van der Waals surface area contributed by atoms with Crippen LogP contribution >= 0.6 is 0 Å². The van der Waals surface area contributed by atoms with Gasteiger partial charge in [-0.05, 0) is 37.1 Å². The van der Waals surface area contributed by atoms with E-state index in [1.807, 2.05) is 0 Å². The van der Waals surface area contributed by atoms with Crippen LogP contribution < -0.4 is 4.74 Å². The normalized spacial score (nSPS) is 16.7. The lowest BCUT2D eigenvalue weighted by molar-refractivity contribution is 0.100. The third-order valence-corrected chi connectivity index (χ3v) is 6.15. The predicted molar refractivity (Wildman–Crippen MR) is 95.0 cm³/mol. The molecule has 0 bridgehead atoms. The van der Waals surface area contributed by atoms with E-state index in [1.54, 1.807) is 48.5 Å². The third-order valence-electron chi connectivity index (χ3n) is 4.44. The average molecular weight is 363 g/mol. The standard InChI is InChI=1S/C19H22FNO3S/c20-18-8-4-5-9-19(18)24-16-10-12-21(13-11-16)14-15-25(22,23)17-6-2-1-3-7-17/h1-9,16H,10-15H2. The zero-order valence-electron chi connectivity index (χ0n) is 14.0. The summed E-state index contributed by atoms with van der Waals surface area (Å²) in [4.78, 5) is 2.49. The molecule has 0 spiro atoms. The fraction of sp³-hybridized carbons (Fsp3) is 0.368. The Morgan fingerprint density at radius 1 is 1.00 bits per heavy atom. The molecule has 0 atom stereocenters. The van der Waals surface area contributed by atoms with Gasteiger partial charge in [0.15, 0.2) is 21.4 Å². The van der Waals surface area contributed by atoms with Crippen LogP contribution in [0.1, 0.15) is 12.8 Å². The lowest BCUT2D eigenvalue weighted by Crippen LogP contribution is -2.40. The van der Waals surface area contributed by atoms with Crippen LogP contribution in [0.4, 0.5) is 4.39 Å². The molecule has 1 aliphatic heterocycles. The maximum absolute atomic E-state index is 13.6. The van der Waals surface area contributed by atoms with Gasteiger partial charge >= 0.3 is 0 Å². The van der Waals surface area contributed by atoms with Crippen LogP contribution in [0.25, 0.3) is 0 Å². The Labute approximate surface area is 148 Å². The van der Waals surface area contributed by atoms with E-state index in [4.69, 9.17) is 4.74 Å². The molecule has 6 heteroatoms. The summed E-state index contributed by atoms with van der Waals surface area (Å²) in [5, 5.41) is 0. The van der Waals surface area contributed by atoms with Crippen molar-refractivity contribution >= 4 is 9.84 Å². The Hall–Kier alpha value is -1.92. The Kier molecular flexibility index (Phi) is 5.71. The minimum Gasteiger partial charge on any atom is -0.487 e. The molecular weight excluding hydrogens is 341 g/mol. The molecule has 0 unspecified atom stereocenters. The van der Waals surface area contributed by atoms with Crippen molar-refractivity contribution in [3.05, 3.63) is 60.4 Å². The van der Waals surface area contributed by atoms with E-state index in [-0.39, 0.29) is 23.4 Å². The highest BCUT2D eigenvalue weighted by molar-refractivity contribution is 7.91. The van der Waals surface area contributed by atoms with Gasteiger partial charge in [0, 0.05) is 19.6 Å². The molecule has 0 saturated carbocycles. The lowest BCUT2D eigenvalue weighted by atomic mass is 10.1. The zero-order chi connectivity index (χ0) is 17.7. The van der Waals surface area contributed by atoms with E-state index in [9.17, 15) is 12.8 Å². The highest BCUT2D eigenvalue weighted by Crippen LogP contribution is 2.22. The molecule has 3 rings (SSSR count).